The number of benzene rings is 1. The molecule has 0 saturated heterocycles. The van der Waals surface area contributed by atoms with Crippen molar-refractivity contribution in [3.05, 3.63) is 35.6 Å². The molecule has 2 N–H and O–H groups in total. The lowest BCUT2D eigenvalue weighted by Gasteiger charge is -2.18. The lowest BCUT2D eigenvalue weighted by Crippen LogP contribution is -2.40. The second-order valence-electron chi connectivity index (χ2n) is 5.64. The molecule has 0 spiro atoms. The van der Waals surface area contributed by atoms with E-state index in [2.05, 4.69) is 15.6 Å². The summed E-state index contributed by atoms with van der Waals surface area (Å²) in [4.78, 5) is 4.10. The Labute approximate surface area is 151 Å². The maximum absolute atomic E-state index is 12.8. The Morgan fingerprint density at radius 2 is 1.82 bits per heavy atom. The van der Waals surface area contributed by atoms with Crippen LogP contribution in [0.4, 0.5) is 4.39 Å². The highest BCUT2D eigenvalue weighted by molar-refractivity contribution is 14.0. The van der Waals surface area contributed by atoms with Gasteiger partial charge >= 0.3 is 0 Å². The minimum absolute atomic E-state index is 0. The van der Waals surface area contributed by atoms with Crippen LogP contribution in [0, 0.1) is 5.82 Å². The van der Waals surface area contributed by atoms with Crippen molar-refractivity contribution in [1.82, 2.24) is 10.6 Å². The second kappa shape index (κ2) is 10.1. The van der Waals surface area contributed by atoms with Gasteiger partial charge < -0.3 is 10.6 Å². The van der Waals surface area contributed by atoms with E-state index in [0.29, 0.717) is 24.8 Å². The molecule has 0 saturated carbocycles. The zero-order valence-corrected chi connectivity index (χ0v) is 16.6. The summed E-state index contributed by atoms with van der Waals surface area (Å²) in [5.41, 5.74) is 0.970. The van der Waals surface area contributed by atoms with Crippen molar-refractivity contribution < 1.29 is 8.60 Å². The molecule has 0 radical (unpaired) electrons. The van der Waals surface area contributed by atoms with E-state index in [1.807, 2.05) is 20.8 Å². The topological polar surface area (TPSA) is 53.5 Å². The highest BCUT2D eigenvalue weighted by Gasteiger charge is 2.18. The van der Waals surface area contributed by atoms with Gasteiger partial charge in [0.05, 0.1) is 0 Å². The van der Waals surface area contributed by atoms with E-state index in [0.717, 1.165) is 5.56 Å². The van der Waals surface area contributed by atoms with Gasteiger partial charge in [0, 0.05) is 41.4 Å². The van der Waals surface area contributed by atoms with Crippen molar-refractivity contribution in [1.29, 1.82) is 0 Å². The van der Waals surface area contributed by atoms with Crippen molar-refractivity contribution in [3.8, 4) is 0 Å². The molecule has 0 amide bonds. The fraction of sp³-hybridized carbons (Fsp3) is 0.533. The Morgan fingerprint density at radius 3 is 2.32 bits per heavy atom. The Hall–Kier alpha value is -0.700. The van der Waals surface area contributed by atoms with Gasteiger partial charge in [-0.15, -0.1) is 24.0 Å². The number of hydrogen-bond acceptors (Lipinski definition) is 2. The molecule has 4 nitrogen and oxygen atoms in total. The fourth-order valence-electron chi connectivity index (χ4n) is 1.58. The zero-order chi connectivity index (χ0) is 15.9. The maximum atomic E-state index is 12.8. The van der Waals surface area contributed by atoms with E-state index in [1.54, 1.807) is 19.2 Å². The SMILES string of the molecule is CN=C(NCCS(=O)C(C)(C)C)NCc1ccc(F)cc1.I. The van der Waals surface area contributed by atoms with Gasteiger partial charge in [-0.2, -0.15) is 0 Å². The minimum Gasteiger partial charge on any atom is -0.355 e. The number of nitrogens with zero attached hydrogens (tertiary/aromatic N) is 1. The molecule has 0 heterocycles. The van der Waals surface area contributed by atoms with Crippen molar-refractivity contribution in [2.45, 2.75) is 32.1 Å². The number of rotatable bonds is 5. The van der Waals surface area contributed by atoms with Crippen LogP contribution in [-0.2, 0) is 17.3 Å². The third-order valence-corrected chi connectivity index (χ3v) is 4.80. The van der Waals surface area contributed by atoms with E-state index in [-0.39, 0.29) is 34.5 Å². The first kappa shape index (κ1) is 21.3. The molecule has 1 aromatic carbocycles. The quantitative estimate of drug-likeness (QED) is 0.420. The molecular weight excluding hydrogens is 416 g/mol. The molecule has 7 heteroatoms. The minimum atomic E-state index is -0.885. The van der Waals surface area contributed by atoms with Crippen LogP contribution in [0.5, 0.6) is 0 Å². The summed E-state index contributed by atoms with van der Waals surface area (Å²) in [6, 6.07) is 6.31. The first-order valence-electron chi connectivity index (χ1n) is 6.90. The third kappa shape index (κ3) is 8.07. The predicted octanol–water partition coefficient (Wildman–Crippen LogP) is 2.66. The molecule has 0 fully saturated rings. The second-order valence-corrected chi connectivity index (χ2v) is 7.97. The summed E-state index contributed by atoms with van der Waals surface area (Å²) >= 11 is 0. The van der Waals surface area contributed by atoms with E-state index in [4.69, 9.17) is 0 Å². The van der Waals surface area contributed by atoms with Crippen LogP contribution in [-0.4, -0.2) is 34.3 Å². The van der Waals surface area contributed by atoms with E-state index >= 15 is 0 Å². The average Bonchev–Trinajstić information content (AvgIpc) is 2.43. The first-order chi connectivity index (χ1) is 9.82. The Morgan fingerprint density at radius 1 is 1.23 bits per heavy atom. The smallest absolute Gasteiger partial charge is 0.191 e. The summed E-state index contributed by atoms with van der Waals surface area (Å²) in [7, 11) is 0.796. The van der Waals surface area contributed by atoms with Crippen molar-refractivity contribution in [2.24, 2.45) is 4.99 Å². The van der Waals surface area contributed by atoms with Gasteiger partial charge in [0.25, 0.3) is 0 Å². The van der Waals surface area contributed by atoms with Gasteiger partial charge in [-0.1, -0.05) is 12.1 Å². The standard InChI is InChI=1S/C15H24FN3OS.HI/c1-15(2,3)21(20)10-9-18-14(17-4)19-11-12-5-7-13(16)8-6-12;/h5-8H,9-11H2,1-4H3,(H2,17,18,19);1H. The normalized spacial score (nSPS) is 13.2. The Bertz CT molecular complexity index is 501. The van der Waals surface area contributed by atoms with Crippen LogP contribution in [0.15, 0.2) is 29.3 Å². The fourth-order valence-corrected chi connectivity index (χ4v) is 2.48. The van der Waals surface area contributed by atoms with Gasteiger partial charge in [0.2, 0.25) is 0 Å². The number of halogens is 2. The van der Waals surface area contributed by atoms with Gasteiger partial charge in [-0.25, -0.2) is 4.39 Å². The monoisotopic (exact) mass is 441 g/mol. The predicted molar refractivity (Wildman–Crippen MR) is 103 cm³/mol. The van der Waals surface area contributed by atoms with Gasteiger partial charge in [-0.3, -0.25) is 9.20 Å². The number of nitrogens with one attached hydrogen (secondary N) is 2. The molecule has 1 rings (SSSR count). The summed E-state index contributed by atoms with van der Waals surface area (Å²) in [6.45, 7) is 7.04. The molecular formula is C15H25FIN3OS. The first-order valence-corrected chi connectivity index (χ1v) is 8.22. The number of guanidine groups is 1. The lowest BCUT2D eigenvalue weighted by atomic mass is 10.2. The van der Waals surface area contributed by atoms with Crippen LogP contribution >= 0.6 is 24.0 Å². The van der Waals surface area contributed by atoms with Crippen LogP contribution < -0.4 is 10.6 Å². The molecule has 0 aliphatic heterocycles. The van der Waals surface area contributed by atoms with Crippen LogP contribution in [0.3, 0.4) is 0 Å². The van der Waals surface area contributed by atoms with Crippen molar-refractivity contribution >= 4 is 40.7 Å². The molecule has 0 aliphatic carbocycles. The van der Waals surface area contributed by atoms with Gasteiger partial charge in [-0.05, 0) is 38.5 Å². The largest absolute Gasteiger partial charge is 0.355 e. The summed E-state index contributed by atoms with van der Waals surface area (Å²) in [6.07, 6.45) is 0. The number of aliphatic imine (C=N–C) groups is 1. The molecule has 1 atom stereocenters. The molecule has 0 aromatic heterocycles. The summed E-state index contributed by atoms with van der Waals surface area (Å²) in [5.74, 6) is 0.969. The molecule has 126 valence electrons. The molecule has 22 heavy (non-hydrogen) atoms. The van der Waals surface area contributed by atoms with Gasteiger partial charge in [0.15, 0.2) is 5.96 Å². The van der Waals surface area contributed by atoms with Crippen LogP contribution in [0.1, 0.15) is 26.3 Å². The third-order valence-electron chi connectivity index (χ3n) is 2.86. The zero-order valence-electron chi connectivity index (χ0n) is 13.5. The van der Waals surface area contributed by atoms with E-state index < -0.39 is 10.8 Å². The molecule has 0 bridgehead atoms. The highest BCUT2D eigenvalue weighted by Crippen LogP contribution is 2.10. The van der Waals surface area contributed by atoms with E-state index in [1.165, 1.54) is 12.1 Å². The molecule has 0 aliphatic rings. The van der Waals surface area contributed by atoms with Crippen molar-refractivity contribution in [2.75, 3.05) is 19.3 Å². The Kier molecular flexibility index (Phi) is 9.82. The number of hydrogen-bond donors (Lipinski definition) is 2. The van der Waals surface area contributed by atoms with Crippen LogP contribution in [0.2, 0.25) is 0 Å². The van der Waals surface area contributed by atoms with E-state index in [9.17, 15) is 8.60 Å². The van der Waals surface area contributed by atoms with Gasteiger partial charge in [0.1, 0.15) is 5.82 Å². The highest BCUT2D eigenvalue weighted by atomic mass is 127. The average molecular weight is 441 g/mol. The molecule has 1 aromatic rings. The maximum Gasteiger partial charge on any atom is 0.191 e. The van der Waals surface area contributed by atoms with Crippen molar-refractivity contribution in [3.63, 3.8) is 0 Å². The van der Waals surface area contributed by atoms with Crippen LogP contribution in [0.25, 0.3) is 0 Å². The lowest BCUT2D eigenvalue weighted by molar-refractivity contribution is 0.626. The molecule has 1 unspecified atom stereocenters. The Balaban J connectivity index is 0.00000441. The summed E-state index contributed by atoms with van der Waals surface area (Å²) in [5, 5.41) is 6.26. The summed E-state index contributed by atoms with van der Waals surface area (Å²) < 4.78 is 24.5.